The largest absolute Gasteiger partial charge is 0.458 e. The summed E-state index contributed by atoms with van der Waals surface area (Å²) in [5.74, 6) is 10.8. The van der Waals surface area contributed by atoms with Gasteiger partial charge in [-0.1, -0.05) is 11.8 Å². The Morgan fingerprint density at radius 1 is 1.59 bits per heavy atom. The van der Waals surface area contributed by atoms with Crippen molar-refractivity contribution in [2.75, 3.05) is 6.61 Å². The van der Waals surface area contributed by atoms with Gasteiger partial charge >= 0.3 is 0 Å². The van der Waals surface area contributed by atoms with Crippen LogP contribution in [-0.2, 0) is 9.47 Å². The highest BCUT2D eigenvalue weighted by molar-refractivity contribution is 5.35. The highest BCUT2D eigenvalue weighted by Gasteiger charge is 2.42. The maximum absolute atomic E-state index is 9.02. The molecule has 0 aromatic carbocycles. The molecule has 2 atom stereocenters. The molecule has 2 aliphatic rings. The summed E-state index contributed by atoms with van der Waals surface area (Å²) in [5, 5.41) is 9.02. The Kier molecular flexibility index (Phi) is 3.54. The van der Waals surface area contributed by atoms with E-state index in [1.54, 1.807) is 13.0 Å². The van der Waals surface area contributed by atoms with Gasteiger partial charge in [0.2, 0.25) is 5.79 Å². The third-order valence-electron chi connectivity index (χ3n) is 2.65. The van der Waals surface area contributed by atoms with Crippen LogP contribution in [0, 0.1) is 23.7 Å². The van der Waals surface area contributed by atoms with Crippen molar-refractivity contribution >= 4 is 0 Å². The zero-order chi connectivity index (χ0) is 12.1. The minimum absolute atomic E-state index is 0.0316. The van der Waals surface area contributed by atoms with Crippen molar-refractivity contribution in [2.45, 2.75) is 31.7 Å². The standard InChI is InChI=1S/C14H14O3/c1-2-3-4-5-6-12-7-9-14(16-12)10-8-13(11-15)17-14/h6-7,9,13,15H,8,10-11H2,1H3/b12-6-/t13-,14+/m0/s1. The highest BCUT2D eigenvalue weighted by Crippen LogP contribution is 2.38. The zero-order valence-electron chi connectivity index (χ0n) is 9.69. The van der Waals surface area contributed by atoms with Crippen molar-refractivity contribution in [2.24, 2.45) is 0 Å². The van der Waals surface area contributed by atoms with E-state index in [0.717, 1.165) is 12.8 Å². The average Bonchev–Trinajstić information content (AvgIpc) is 2.93. The van der Waals surface area contributed by atoms with E-state index in [0.29, 0.717) is 5.76 Å². The molecule has 0 aromatic heterocycles. The van der Waals surface area contributed by atoms with Gasteiger partial charge < -0.3 is 14.6 Å². The summed E-state index contributed by atoms with van der Waals surface area (Å²) in [4.78, 5) is 0. The lowest BCUT2D eigenvalue weighted by atomic mass is 10.1. The normalized spacial score (nSPS) is 31.9. The second-order valence-electron chi connectivity index (χ2n) is 3.90. The van der Waals surface area contributed by atoms with Crippen LogP contribution >= 0.6 is 0 Å². The molecule has 2 heterocycles. The number of ether oxygens (including phenoxy) is 2. The SMILES string of the molecule is CC#CC#C/C=C1/C=C[C@@]2(CC[C@@H](CO)O2)O1. The van der Waals surface area contributed by atoms with Gasteiger partial charge in [0.15, 0.2) is 0 Å². The molecule has 17 heavy (non-hydrogen) atoms. The maximum atomic E-state index is 9.02. The second-order valence-corrected chi connectivity index (χ2v) is 3.90. The zero-order valence-corrected chi connectivity index (χ0v) is 9.69. The Hall–Kier alpha value is -1.68. The Morgan fingerprint density at radius 2 is 2.47 bits per heavy atom. The van der Waals surface area contributed by atoms with E-state index in [1.165, 1.54) is 0 Å². The Labute approximate surface area is 101 Å². The lowest BCUT2D eigenvalue weighted by Gasteiger charge is -2.22. The van der Waals surface area contributed by atoms with Gasteiger partial charge in [0, 0.05) is 12.5 Å². The van der Waals surface area contributed by atoms with E-state index < -0.39 is 5.79 Å². The summed E-state index contributed by atoms with van der Waals surface area (Å²) in [6.45, 7) is 1.77. The molecular formula is C14H14O3. The van der Waals surface area contributed by atoms with E-state index in [4.69, 9.17) is 14.6 Å². The first-order valence-corrected chi connectivity index (χ1v) is 5.57. The van der Waals surface area contributed by atoms with Crippen LogP contribution < -0.4 is 0 Å². The van der Waals surface area contributed by atoms with E-state index in [1.807, 2.05) is 12.2 Å². The van der Waals surface area contributed by atoms with Crippen molar-refractivity contribution in [3.63, 3.8) is 0 Å². The molecule has 1 fully saturated rings. The molecule has 0 radical (unpaired) electrons. The first kappa shape index (κ1) is 11.8. The molecular weight excluding hydrogens is 216 g/mol. The van der Waals surface area contributed by atoms with Crippen LogP contribution in [0.3, 0.4) is 0 Å². The molecule has 1 saturated heterocycles. The number of hydrogen-bond donors (Lipinski definition) is 1. The summed E-state index contributed by atoms with van der Waals surface area (Å²) in [5.41, 5.74) is 0. The smallest absolute Gasteiger partial charge is 0.231 e. The summed E-state index contributed by atoms with van der Waals surface area (Å²) in [7, 11) is 0. The molecule has 0 aromatic rings. The molecule has 0 bridgehead atoms. The Balaban J connectivity index is 1.99. The van der Waals surface area contributed by atoms with Crippen LogP contribution in [0.15, 0.2) is 24.0 Å². The molecule has 3 heteroatoms. The molecule has 0 aliphatic carbocycles. The Bertz CT molecular complexity index is 467. The van der Waals surface area contributed by atoms with Crippen LogP contribution in [0.25, 0.3) is 0 Å². The van der Waals surface area contributed by atoms with Crippen LogP contribution in [0.5, 0.6) is 0 Å². The van der Waals surface area contributed by atoms with Crippen LogP contribution in [0.4, 0.5) is 0 Å². The summed E-state index contributed by atoms with van der Waals surface area (Å²) < 4.78 is 11.3. The van der Waals surface area contributed by atoms with E-state index >= 15 is 0 Å². The summed E-state index contributed by atoms with van der Waals surface area (Å²) in [6, 6.07) is 0. The van der Waals surface area contributed by atoms with Gasteiger partial charge in [0.25, 0.3) is 0 Å². The highest BCUT2D eigenvalue weighted by atomic mass is 16.7. The van der Waals surface area contributed by atoms with Gasteiger partial charge in [0.05, 0.1) is 12.7 Å². The van der Waals surface area contributed by atoms with Gasteiger partial charge in [-0.3, -0.25) is 0 Å². The fourth-order valence-electron chi connectivity index (χ4n) is 1.85. The average molecular weight is 230 g/mol. The molecule has 3 nitrogen and oxygen atoms in total. The van der Waals surface area contributed by atoms with E-state index in [-0.39, 0.29) is 12.7 Å². The predicted molar refractivity (Wildman–Crippen MR) is 63.5 cm³/mol. The van der Waals surface area contributed by atoms with Gasteiger partial charge in [-0.2, -0.15) is 0 Å². The Morgan fingerprint density at radius 3 is 3.18 bits per heavy atom. The lowest BCUT2D eigenvalue weighted by Crippen LogP contribution is -2.27. The van der Waals surface area contributed by atoms with Crippen molar-refractivity contribution in [3.8, 4) is 23.7 Å². The summed E-state index contributed by atoms with van der Waals surface area (Å²) >= 11 is 0. The summed E-state index contributed by atoms with van der Waals surface area (Å²) in [6.07, 6.45) is 6.83. The third-order valence-corrected chi connectivity index (χ3v) is 2.65. The molecule has 2 rings (SSSR count). The second kappa shape index (κ2) is 5.10. The lowest BCUT2D eigenvalue weighted by molar-refractivity contribution is -0.165. The first-order valence-electron chi connectivity index (χ1n) is 5.57. The number of aliphatic hydroxyl groups is 1. The molecule has 1 spiro atoms. The van der Waals surface area contributed by atoms with Crippen molar-refractivity contribution in [3.05, 3.63) is 24.0 Å². The molecule has 0 saturated carbocycles. The van der Waals surface area contributed by atoms with Crippen LogP contribution in [0.1, 0.15) is 19.8 Å². The van der Waals surface area contributed by atoms with Gasteiger partial charge in [-0.15, -0.1) is 0 Å². The first-order chi connectivity index (χ1) is 8.28. The number of hydrogen-bond acceptors (Lipinski definition) is 3. The quantitative estimate of drug-likeness (QED) is 0.691. The number of allylic oxidation sites excluding steroid dienone is 2. The number of rotatable bonds is 1. The topological polar surface area (TPSA) is 38.7 Å². The third kappa shape index (κ3) is 2.71. The predicted octanol–water partition coefficient (Wildman–Crippen LogP) is 1.35. The van der Waals surface area contributed by atoms with E-state index in [2.05, 4.69) is 23.7 Å². The van der Waals surface area contributed by atoms with Crippen LogP contribution in [-0.4, -0.2) is 23.6 Å². The number of aliphatic hydroxyl groups excluding tert-OH is 1. The molecule has 2 aliphatic heterocycles. The fraction of sp³-hybridized carbons (Fsp3) is 0.429. The molecule has 1 N–H and O–H groups in total. The minimum atomic E-state index is -0.683. The van der Waals surface area contributed by atoms with Gasteiger partial charge in [0.1, 0.15) is 5.76 Å². The van der Waals surface area contributed by atoms with Crippen molar-refractivity contribution in [1.82, 2.24) is 0 Å². The fourth-order valence-corrected chi connectivity index (χ4v) is 1.85. The van der Waals surface area contributed by atoms with Crippen molar-refractivity contribution < 1.29 is 14.6 Å². The monoisotopic (exact) mass is 230 g/mol. The maximum Gasteiger partial charge on any atom is 0.231 e. The minimum Gasteiger partial charge on any atom is -0.458 e. The van der Waals surface area contributed by atoms with E-state index in [9.17, 15) is 0 Å². The molecule has 88 valence electrons. The van der Waals surface area contributed by atoms with Gasteiger partial charge in [-0.25, -0.2) is 0 Å². The molecule has 0 amide bonds. The van der Waals surface area contributed by atoms with Gasteiger partial charge in [-0.05, 0) is 37.3 Å². The van der Waals surface area contributed by atoms with Crippen molar-refractivity contribution in [1.29, 1.82) is 0 Å². The van der Waals surface area contributed by atoms with Crippen LogP contribution in [0.2, 0.25) is 0 Å². The molecule has 0 unspecified atom stereocenters.